The number of rotatable bonds is 5. The molecule has 2 unspecified atom stereocenters. The summed E-state index contributed by atoms with van der Waals surface area (Å²) in [6.45, 7) is 6.56. The Kier molecular flexibility index (Phi) is 5.29. The second kappa shape index (κ2) is 7.01. The van der Waals surface area contributed by atoms with E-state index in [2.05, 4.69) is 0 Å². The Morgan fingerprint density at radius 1 is 1.36 bits per heavy atom. The summed E-state index contributed by atoms with van der Waals surface area (Å²) < 4.78 is 11.0. The first kappa shape index (κ1) is 16.6. The molecule has 0 aliphatic carbocycles. The van der Waals surface area contributed by atoms with E-state index in [9.17, 15) is 4.79 Å². The van der Waals surface area contributed by atoms with Crippen LogP contribution in [-0.4, -0.2) is 36.6 Å². The minimum atomic E-state index is -0.120. The molecule has 0 saturated carbocycles. The monoisotopic (exact) mass is 306 g/mol. The number of benzene rings is 1. The lowest BCUT2D eigenvalue weighted by atomic mass is 9.89. The molecular weight excluding hydrogens is 280 g/mol. The highest BCUT2D eigenvalue weighted by Crippen LogP contribution is 2.37. The van der Waals surface area contributed by atoms with Crippen LogP contribution in [0, 0.1) is 0 Å². The highest BCUT2D eigenvalue weighted by molar-refractivity contribution is 5.78. The van der Waals surface area contributed by atoms with Crippen molar-refractivity contribution in [1.29, 1.82) is 0 Å². The average molecular weight is 306 g/mol. The van der Waals surface area contributed by atoms with Crippen LogP contribution in [0.4, 0.5) is 0 Å². The fraction of sp³-hybridized carbons (Fsp3) is 0.588. The molecule has 5 nitrogen and oxygen atoms in total. The van der Waals surface area contributed by atoms with Crippen molar-refractivity contribution >= 4 is 5.91 Å². The third kappa shape index (κ3) is 3.19. The van der Waals surface area contributed by atoms with Crippen LogP contribution in [0.5, 0.6) is 11.5 Å². The van der Waals surface area contributed by atoms with Gasteiger partial charge in [0.05, 0.1) is 19.8 Å². The number of methoxy groups -OCH3 is 1. The largest absolute Gasteiger partial charge is 0.493 e. The van der Waals surface area contributed by atoms with E-state index in [0.717, 1.165) is 5.56 Å². The van der Waals surface area contributed by atoms with Crippen LogP contribution in [0.2, 0.25) is 0 Å². The third-order valence-corrected chi connectivity index (χ3v) is 4.07. The number of amides is 1. The van der Waals surface area contributed by atoms with E-state index in [1.807, 2.05) is 43.9 Å². The Hall–Kier alpha value is -1.75. The maximum absolute atomic E-state index is 12.3. The van der Waals surface area contributed by atoms with Crippen LogP contribution < -0.4 is 15.2 Å². The number of carbonyl (C=O) groups excluding carboxylic acids is 1. The first-order valence-corrected chi connectivity index (χ1v) is 7.87. The number of hydrogen-bond donors (Lipinski definition) is 1. The number of piperidine rings is 1. The molecule has 1 heterocycles. The van der Waals surface area contributed by atoms with Crippen molar-refractivity contribution < 1.29 is 14.3 Å². The van der Waals surface area contributed by atoms with E-state index in [-0.39, 0.29) is 24.0 Å². The fourth-order valence-electron chi connectivity index (χ4n) is 3.10. The van der Waals surface area contributed by atoms with E-state index in [4.69, 9.17) is 15.2 Å². The molecule has 1 aliphatic heterocycles. The van der Waals surface area contributed by atoms with Crippen LogP contribution >= 0.6 is 0 Å². The van der Waals surface area contributed by atoms with Crippen molar-refractivity contribution in [2.45, 2.75) is 51.7 Å². The number of hydrogen-bond acceptors (Lipinski definition) is 4. The summed E-state index contributed by atoms with van der Waals surface area (Å²) in [5.74, 6) is 1.54. The van der Waals surface area contributed by atoms with E-state index in [0.29, 0.717) is 30.9 Å². The molecule has 5 heteroatoms. The highest BCUT2D eigenvalue weighted by atomic mass is 16.5. The summed E-state index contributed by atoms with van der Waals surface area (Å²) in [6.07, 6.45) is 1.23. The quantitative estimate of drug-likeness (QED) is 0.907. The van der Waals surface area contributed by atoms with Gasteiger partial charge in [0.1, 0.15) is 0 Å². The van der Waals surface area contributed by atoms with Crippen LogP contribution in [0.1, 0.15) is 45.2 Å². The van der Waals surface area contributed by atoms with E-state index >= 15 is 0 Å². The standard InChI is InChI=1S/C17H26N2O3/c1-5-22-14-8-6-12(10-15(14)21-4)17-13(18)7-9-16(20)19(17)11(2)3/h6,8,10-11,13,17H,5,7,9,18H2,1-4H3. The Labute approximate surface area is 132 Å². The van der Waals surface area contributed by atoms with Crippen LogP contribution in [-0.2, 0) is 4.79 Å². The summed E-state index contributed by atoms with van der Waals surface area (Å²) >= 11 is 0. The van der Waals surface area contributed by atoms with Crippen molar-refractivity contribution in [1.82, 2.24) is 4.90 Å². The van der Waals surface area contributed by atoms with Gasteiger partial charge in [0.15, 0.2) is 11.5 Å². The Balaban J connectivity index is 2.40. The molecule has 0 bridgehead atoms. The lowest BCUT2D eigenvalue weighted by Crippen LogP contribution is -2.51. The van der Waals surface area contributed by atoms with E-state index in [1.54, 1.807) is 7.11 Å². The molecule has 1 fully saturated rings. The predicted octanol–water partition coefficient (Wildman–Crippen LogP) is 2.49. The third-order valence-electron chi connectivity index (χ3n) is 4.07. The molecule has 0 aromatic heterocycles. The van der Waals surface area contributed by atoms with Crippen molar-refractivity contribution in [2.24, 2.45) is 5.73 Å². The van der Waals surface area contributed by atoms with Gasteiger partial charge in [-0.05, 0) is 44.9 Å². The topological polar surface area (TPSA) is 64.8 Å². The van der Waals surface area contributed by atoms with Gasteiger partial charge in [0, 0.05) is 18.5 Å². The van der Waals surface area contributed by atoms with Gasteiger partial charge in [-0.25, -0.2) is 0 Å². The Morgan fingerprint density at radius 3 is 2.68 bits per heavy atom. The molecule has 1 saturated heterocycles. The van der Waals surface area contributed by atoms with Gasteiger partial charge in [0.25, 0.3) is 0 Å². The molecule has 0 spiro atoms. The molecule has 2 atom stereocenters. The zero-order valence-corrected chi connectivity index (χ0v) is 13.8. The zero-order valence-electron chi connectivity index (χ0n) is 13.8. The molecule has 2 rings (SSSR count). The van der Waals surface area contributed by atoms with Gasteiger partial charge < -0.3 is 20.1 Å². The fourth-order valence-corrected chi connectivity index (χ4v) is 3.10. The van der Waals surface area contributed by atoms with Gasteiger partial charge in [-0.2, -0.15) is 0 Å². The van der Waals surface area contributed by atoms with Gasteiger partial charge in [-0.15, -0.1) is 0 Å². The normalized spacial score (nSPS) is 22.1. The number of likely N-dealkylation sites (tertiary alicyclic amines) is 1. The molecule has 0 radical (unpaired) electrons. The second-order valence-corrected chi connectivity index (χ2v) is 5.89. The molecule has 1 aromatic rings. The molecule has 1 aromatic carbocycles. The lowest BCUT2D eigenvalue weighted by molar-refractivity contribution is -0.139. The number of ether oxygens (including phenoxy) is 2. The maximum atomic E-state index is 12.3. The first-order chi connectivity index (χ1) is 10.5. The van der Waals surface area contributed by atoms with Crippen molar-refractivity contribution in [3.63, 3.8) is 0 Å². The summed E-state index contributed by atoms with van der Waals surface area (Å²) in [6, 6.07) is 5.73. The van der Waals surface area contributed by atoms with E-state index < -0.39 is 0 Å². The second-order valence-electron chi connectivity index (χ2n) is 5.89. The molecule has 2 N–H and O–H groups in total. The van der Waals surface area contributed by atoms with Gasteiger partial charge >= 0.3 is 0 Å². The minimum Gasteiger partial charge on any atom is -0.493 e. The van der Waals surface area contributed by atoms with Crippen molar-refractivity contribution in [2.75, 3.05) is 13.7 Å². The highest BCUT2D eigenvalue weighted by Gasteiger charge is 2.36. The summed E-state index contributed by atoms with van der Waals surface area (Å²) in [7, 11) is 1.62. The van der Waals surface area contributed by atoms with E-state index in [1.165, 1.54) is 0 Å². The SMILES string of the molecule is CCOc1ccc(C2C(N)CCC(=O)N2C(C)C)cc1OC. The van der Waals surface area contributed by atoms with Gasteiger partial charge in [-0.3, -0.25) is 4.79 Å². The average Bonchev–Trinajstić information content (AvgIpc) is 2.49. The Morgan fingerprint density at radius 2 is 2.09 bits per heavy atom. The maximum Gasteiger partial charge on any atom is 0.223 e. The summed E-state index contributed by atoms with van der Waals surface area (Å²) in [5.41, 5.74) is 7.32. The Bertz CT molecular complexity index is 531. The minimum absolute atomic E-state index is 0.0669. The first-order valence-electron chi connectivity index (χ1n) is 7.87. The van der Waals surface area contributed by atoms with Crippen LogP contribution in [0.3, 0.4) is 0 Å². The zero-order chi connectivity index (χ0) is 16.3. The molecule has 1 aliphatic rings. The molecule has 22 heavy (non-hydrogen) atoms. The smallest absolute Gasteiger partial charge is 0.223 e. The van der Waals surface area contributed by atoms with Crippen LogP contribution in [0.15, 0.2) is 18.2 Å². The van der Waals surface area contributed by atoms with Gasteiger partial charge in [0.2, 0.25) is 5.91 Å². The predicted molar refractivity (Wildman–Crippen MR) is 86.1 cm³/mol. The summed E-state index contributed by atoms with van der Waals surface area (Å²) in [4.78, 5) is 14.2. The number of carbonyl (C=O) groups is 1. The lowest BCUT2D eigenvalue weighted by Gasteiger charge is -2.42. The van der Waals surface area contributed by atoms with Gasteiger partial charge in [-0.1, -0.05) is 6.07 Å². The molecule has 122 valence electrons. The summed E-state index contributed by atoms with van der Waals surface area (Å²) in [5, 5.41) is 0. The number of nitrogens with zero attached hydrogens (tertiary/aromatic N) is 1. The molecular formula is C17H26N2O3. The number of nitrogens with two attached hydrogens (primary N) is 1. The van der Waals surface area contributed by atoms with Crippen LogP contribution in [0.25, 0.3) is 0 Å². The molecule has 1 amide bonds. The van der Waals surface area contributed by atoms with Crippen molar-refractivity contribution in [3.8, 4) is 11.5 Å². The van der Waals surface area contributed by atoms with Crippen molar-refractivity contribution in [3.05, 3.63) is 23.8 Å².